The van der Waals surface area contributed by atoms with E-state index in [4.69, 9.17) is 4.43 Å². The van der Waals surface area contributed by atoms with Crippen molar-refractivity contribution in [2.75, 3.05) is 0 Å². The van der Waals surface area contributed by atoms with Crippen LogP contribution in [0.4, 0.5) is 0 Å². The van der Waals surface area contributed by atoms with E-state index in [-0.39, 0.29) is 0 Å². The van der Waals surface area contributed by atoms with E-state index in [1.807, 2.05) is 0 Å². The van der Waals surface area contributed by atoms with Gasteiger partial charge in [0.25, 0.3) is 0 Å². The topological polar surface area (TPSA) is 9.23 Å². The van der Waals surface area contributed by atoms with E-state index in [1.54, 1.807) is 5.19 Å². The van der Waals surface area contributed by atoms with E-state index in [9.17, 15) is 0 Å². The summed E-state index contributed by atoms with van der Waals surface area (Å²) in [6, 6.07) is 13.8. The van der Waals surface area contributed by atoms with Crippen LogP contribution in [0.2, 0.25) is 38.3 Å². The van der Waals surface area contributed by atoms with Crippen LogP contribution in [0.3, 0.4) is 0 Å². The second-order valence-corrected chi connectivity index (χ2v) is 15.6. The quantitative estimate of drug-likeness (QED) is 0.758. The molecule has 0 aromatic heterocycles. The van der Waals surface area contributed by atoms with Gasteiger partial charge in [0.2, 0.25) is 0 Å². The summed E-state index contributed by atoms with van der Waals surface area (Å²) in [4.78, 5) is 0. The van der Waals surface area contributed by atoms with E-state index >= 15 is 0 Å². The van der Waals surface area contributed by atoms with Gasteiger partial charge in [-0.2, -0.15) is 0 Å². The Labute approximate surface area is 107 Å². The van der Waals surface area contributed by atoms with Crippen molar-refractivity contribution in [3.63, 3.8) is 0 Å². The molecule has 0 amide bonds. The zero-order valence-electron chi connectivity index (χ0n) is 11.5. The molecular formula is C14H24OSi2. The maximum absolute atomic E-state index is 6.29. The Bertz CT molecular complexity index is 372. The first-order valence-electron chi connectivity index (χ1n) is 6.62. The highest BCUT2D eigenvalue weighted by Gasteiger charge is 2.40. The average molecular weight is 265 g/mol. The highest BCUT2D eigenvalue weighted by Crippen LogP contribution is 2.33. The van der Waals surface area contributed by atoms with Crippen molar-refractivity contribution in [1.82, 2.24) is 0 Å². The van der Waals surface area contributed by atoms with Gasteiger partial charge < -0.3 is 4.43 Å². The van der Waals surface area contributed by atoms with Crippen molar-refractivity contribution in [2.24, 2.45) is 0 Å². The molecule has 0 aliphatic carbocycles. The van der Waals surface area contributed by atoms with Crippen molar-refractivity contribution in [3.05, 3.63) is 30.3 Å². The predicted octanol–water partition coefficient (Wildman–Crippen LogP) is 3.60. The van der Waals surface area contributed by atoms with Gasteiger partial charge in [-0.1, -0.05) is 48.1 Å². The molecule has 2 atom stereocenters. The van der Waals surface area contributed by atoms with E-state index in [0.29, 0.717) is 6.10 Å². The first-order valence-corrected chi connectivity index (χ1v) is 12.9. The Morgan fingerprint density at radius 3 is 2.41 bits per heavy atom. The van der Waals surface area contributed by atoms with Crippen molar-refractivity contribution in [3.8, 4) is 0 Å². The van der Waals surface area contributed by atoms with Crippen molar-refractivity contribution < 1.29 is 4.43 Å². The van der Waals surface area contributed by atoms with Crippen LogP contribution >= 0.6 is 0 Å². The van der Waals surface area contributed by atoms with Gasteiger partial charge in [-0.3, -0.25) is 0 Å². The Morgan fingerprint density at radius 1 is 1.18 bits per heavy atom. The standard InChI is InChI=1S/C14H24OSi2/c1-16(2,3)15-13-10-11-17(4,12-13)14-8-6-5-7-9-14/h5-9,13H,10-12H2,1-4H3. The van der Waals surface area contributed by atoms with Crippen molar-refractivity contribution in [2.45, 2.75) is 50.8 Å². The van der Waals surface area contributed by atoms with Crippen LogP contribution < -0.4 is 5.19 Å². The lowest BCUT2D eigenvalue weighted by Gasteiger charge is -2.26. The summed E-state index contributed by atoms with van der Waals surface area (Å²) >= 11 is 0. The van der Waals surface area contributed by atoms with Gasteiger partial charge in [0.1, 0.15) is 0 Å². The summed E-state index contributed by atoms with van der Waals surface area (Å²) in [6.07, 6.45) is 1.82. The van der Waals surface area contributed by atoms with Gasteiger partial charge in [0, 0.05) is 6.10 Å². The van der Waals surface area contributed by atoms with E-state index in [2.05, 4.69) is 56.5 Å². The third-order valence-corrected chi connectivity index (χ3v) is 9.20. The second-order valence-electron chi connectivity index (χ2n) is 6.52. The summed E-state index contributed by atoms with van der Waals surface area (Å²) in [6.45, 7) is 9.42. The highest BCUT2D eigenvalue weighted by molar-refractivity contribution is 6.91. The van der Waals surface area contributed by atoms with Crippen LogP contribution in [0.15, 0.2) is 30.3 Å². The molecule has 0 radical (unpaired) electrons. The Hall–Kier alpha value is -0.386. The van der Waals surface area contributed by atoms with Crippen LogP contribution in [0.5, 0.6) is 0 Å². The lowest BCUT2D eigenvalue weighted by molar-refractivity contribution is 0.218. The smallest absolute Gasteiger partial charge is 0.184 e. The molecule has 0 spiro atoms. The molecule has 1 aromatic carbocycles. The third-order valence-electron chi connectivity index (χ3n) is 3.69. The largest absolute Gasteiger partial charge is 0.415 e. The second kappa shape index (κ2) is 4.71. The molecule has 1 saturated heterocycles. The van der Waals surface area contributed by atoms with Crippen LogP contribution in [0, 0.1) is 0 Å². The fraction of sp³-hybridized carbons (Fsp3) is 0.571. The summed E-state index contributed by atoms with van der Waals surface area (Å²) in [5.74, 6) is 0. The van der Waals surface area contributed by atoms with Gasteiger partial charge in [-0.05, 0) is 32.1 Å². The molecule has 2 unspecified atom stereocenters. The Balaban J connectivity index is 2.06. The molecule has 17 heavy (non-hydrogen) atoms. The van der Waals surface area contributed by atoms with Crippen LogP contribution in [0.1, 0.15) is 6.42 Å². The Morgan fingerprint density at radius 2 is 1.82 bits per heavy atom. The van der Waals surface area contributed by atoms with Gasteiger partial charge >= 0.3 is 0 Å². The predicted molar refractivity (Wildman–Crippen MR) is 80.1 cm³/mol. The Kier molecular flexibility index (Phi) is 3.62. The van der Waals surface area contributed by atoms with Crippen LogP contribution in [0.25, 0.3) is 0 Å². The minimum absolute atomic E-state index is 0.540. The number of rotatable bonds is 3. The van der Waals surface area contributed by atoms with Gasteiger partial charge in [-0.25, -0.2) is 0 Å². The van der Waals surface area contributed by atoms with E-state index in [0.717, 1.165) is 0 Å². The van der Waals surface area contributed by atoms with Crippen LogP contribution in [-0.4, -0.2) is 22.5 Å². The molecule has 1 aliphatic heterocycles. The molecule has 1 aliphatic rings. The summed E-state index contributed by atoms with van der Waals surface area (Å²) in [7, 11) is -2.59. The number of hydrogen-bond donors (Lipinski definition) is 0. The van der Waals surface area contributed by atoms with Gasteiger partial charge in [-0.15, -0.1) is 0 Å². The molecule has 1 heterocycles. The molecule has 3 heteroatoms. The first-order chi connectivity index (χ1) is 7.89. The zero-order chi connectivity index (χ0) is 12.5. The fourth-order valence-corrected chi connectivity index (χ4v) is 8.23. The average Bonchev–Trinajstić information content (AvgIpc) is 2.60. The van der Waals surface area contributed by atoms with E-state index in [1.165, 1.54) is 18.5 Å². The van der Waals surface area contributed by atoms with Gasteiger partial charge in [0.15, 0.2) is 8.32 Å². The lowest BCUT2D eigenvalue weighted by atomic mass is 10.3. The summed E-state index contributed by atoms with van der Waals surface area (Å²) < 4.78 is 6.29. The SMILES string of the molecule is C[Si](C)(C)OC1CC[Si](C)(c2ccccc2)C1. The minimum Gasteiger partial charge on any atom is -0.415 e. The van der Waals surface area contributed by atoms with Crippen molar-refractivity contribution in [1.29, 1.82) is 0 Å². The molecule has 94 valence electrons. The monoisotopic (exact) mass is 264 g/mol. The molecule has 0 bridgehead atoms. The maximum atomic E-state index is 6.29. The van der Waals surface area contributed by atoms with Crippen LogP contribution in [-0.2, 0) is 4.43 Å². The first kappa shape index (κ1) is 13.1. The molecule has 0 saturated carbocycles. The molecule has 1 nitrogen and oxygen atoms in total. The van der Waals surface area contributed by atoms with Crippen molar-refractivity contribution >= 4 is 21.6 Å². The minimum atomic E-state index is -1.36. The molecular weight excluding hydrogens is 240 g/mol. The lowest BCUT2D eigenvalue weighted by Crippen LogP contribution is -2.43. The highest BCUT2D eigenvalue weighted by atomic mass is 28.4. The molecule has 1 aromatic rings. The summed E-state index contributed by atoms with van der Waals surface area (Å²) in [5.41, 5.74) is 0. The normalized spacial score (nSPS) is 29.5. The number of hydrogen-bond acceptors (Lipinski definition) is 1. The molecule has 1 fully saturated rings. The number of benzene rings is 1. The van der Waals surface area contributed by atoms with E-state index < -0.39 is 16.4 Å². The third kappa shape index (κ3) is 3.30. The molecule has 2 rings (SSSR count). The fourth-order valence-electron chi connectivity index (χ4n) is 2.89. The maximum Gasteiger partial charge on any atom is 0.184 e. The van der Waals surface area contributed by atoms with Gasteiger partial charge in [0.05, 0.1) is 8.07 Å². The zero-order valence-corrected chi connectivity index (χ0v) is 13.5. The molecule has 0 N–H and O–H groups in total. The summed E-state index contributed by atoms with van der Waals surface area (Å²) in [5, 5.41) is 1.61.